The maximum Gasteiger partial charge on any atom is 0.326 e. The second-order valence-corrected chi connectivity index (χ2v) is 21.4. The summed E-state index contributed by atoms with van der Waals surface area (Å²) in [5, 5.41) is 27.4. The number of nitrogens with one attached hydrogen (secondary N) is 3. The zero-order valence-electron chi connectivity index (χ0n) is 46.2. The number of carboxylic acids is 1. The largest absolute Gasteiger partial charge is 0.480 e. The smallest absolute Gasteiger partial charge is 0.326 e. The summed E-state index contributed by atoms with van der Waals surface area (Å²) in [4.78, 5) is 105. The van der Waals surface area contributed by atoms with Gasteiger partial charge < -0.3 is 50.0 Å². The minimum Gasteiger partial charge on any atom is -0.480 e. The van der Waals surface area contributed by atoms with Gasteiger partial charge in [0.2, 0.25) is 23.6 Å². The molecule has 1 saturated heterocycles. The quantitative estimate of drug-likeness (QED) is 0.0451. The van der Waals surface area contributed by atoms with Gasteiger partial charge in [-0.1, -0.05) is 32.9 Å². The Morgan fingerprint density at radius 1 is 0.863 bits per heavy atom. The second kappa shape index (κ2) is 27.4. The third kappa shape index (κ3) is 16.1. The van der Waals surface area contributed by atoms with Crippen LogP contribution in [0.2, 0.25) is 0 Å². The molecule has 0 aliphatic carbocycles. The molecule has 22 nitrogen and oxygen atoms in total. The predicted molar refractivity (Wildman–Crippen MR) is 296 cm³/mol. The number of nitrogens with zero attached hydrogens (tertiary/aromatic N) is 9. The molecule has 422 valence electrons. The number of piperazine rings is 1. The van der Waals surface area contributed by atoms with Crippen LogP contribution in [0.5, 0.6) is 11.6 Å². The summed E-state index contributed by atoms with van der Waals surface area (Å²) in [7, 11) is 0. The van der Waals surface area contributed by atoms with Gasteiger partial charge in [-0.2, -0.15) is 5.26 Å². The number of carbonyl (C=O) groups excluding carboxylic acids is 5. The number of hydrogen-bond acceptors (Lipinski definition) is 17. The van der Waals surface area contributed by atoms with Crippen LogP contribution in [0, 0.1) is 16.7 Å². The Hall–Kier alpha value is -8.42. The number of nitriles is 1. The summed E-state index contributed by atoms with van der Waals surface area (Å²) >= 11 is 0. The summed E-state index contributed by atoms with van der Waals surface area (Å²) in [6, 6.07) is 17.7. The minimum atomic E-state index is -1.10. The lowest BCUT2D eigenvalue weighted by molar-refractivity contribution is -0.139. The number of aromatic nitrogens is 5. The first-order valence-corrected chi connectivity index (χ1v) is 26.8. The van der Waals surface area contributed by atoms with Gasteiger partial charge in [0.25, 0.3) is 11.8 Å². The van der Waals surface area contributed by atoms with Crippen molar-refractivity contribution in [1.82, 2.24) is 45.8 Å². The summed E-state index contributed by atoms with van der Waals surface area (Å²) in [6.45, 7) is 15.1. The summed E-state index contributed by atoms with van der Waals surface area (Å²) < 4.78 is 17.1. The van der Waals surface area contributed by atoms with E-state index in [2.05, 4.69) is 42.0 Å². The van der Waals surface area contributed by atoms with Crippen molar-refractivity contribution in [1.29, 1.82) is 5.26 Å². The molecule has 4 amide bonds. The first-order chi connectivity index (χ1) is 38.3. The van der Waals surface area contributed by atoms with E-state index in [1.165, 1.54) is 18.3 Å². The van der Waals surface area contributed by atoms with Crippen LogP contribution in [0.15, 0.2) is 85.5 Å². The number of ketones is 1. The van der Waals surface area contributed by atoms with Gasteiger partial charge in [-0.05, 0) is 101 Å². The first-order valence-electron chi connectivity index (χ1n) is 26.8. The highest BCUT2D eigenvalue weighted by Crippen LogP contribution is 2.40. The monoisotopic (exact) mass is 1090 g/mol. The van der Waals surface area contributed by atoms with Gasteiger partial charge in [0, 0.05) is 99.3 Å². The number of pyridine rings is 3. The van der Waals surface area contributed by atoms with Crippen molar-refractivity contribution in [3.8, 4) is 29.0 Å². The van der Waals surface area contributed by atoms with Gasteiger partial charge in [0.05, 0.1) is 48.7 Å². The van der Waals surface area contributed by atoms with E-state index in [0.29, 0.717) is 110 Å². The molecule has 1 fully saturated rings. The number of carboxylic acid groups (broad SMARTS) is 1. The number of fused-ring (bicyclic) bond motifs is 1. The standard InChI is InChI=1S/C58H70N12O10/c1-38-36-68(56-64-33-42(34-65-56)45-17-16-44-51(73)58(5,6)70(52(44)66-45)37-41-13-11-23-60-47(41)31-59)24-25-69(38)50(72)35-62-48(71)20-27-79-29-28-78-26-9-7-8-22-61-53(74)39-12-10-14-43(30-39)80-49-18-15-40(32-63-49)54(75)67-46(55(76)77)19-21-57(2,3)4/h10-18,23,30,32-34,38,46H,7-9,19-22,24-29,35-37H2,1-6H3,(H,61,74)(H,62,71)(H,67,75)(H,76,77)/t38-,46+/m1/s1. The Morgan fingerprint density at radius 3 is 2.35 bits per heavy atom. The maximum atomic E-state index is 13.4. The van der Waals surface area contributed by atoms with Crippen LogP contribution in [0.3, 0.4) is 0 Å². The van der Waals surface area contributed by atoms with Crippen molar-refractivity contribution in [2.45, 2.75) is 104 Å². The third-order valence-electron chi connectivity index (χ3n) is 13.7. The molecule has 0 radical (unpaired) electrons. The Morgan fingerprint density at radius 2 is 1.64 bits per heavy atom. The number of carbonyl (C=O) groups is 6. The molecular formula is C58H70N12O10. The van der Waals surface area contributed by atoms with Crippen LogP contribution in [0.25, 0.3) is 11.3 Å². The van der Waals surface area contributed by atoms with Crippen molar-refractivity contribution in [2.24, 2.45) is 5.41 Å². The topological polar surface area (TPSA) is 284 Å². The lowest BCUT2D eigenvalue weighted by Crippen LogP contribution is -2.56. The number of benzene rings is 1. The highest BCUT2D eigenvalue weighted by molar-refractivity contribution is 6.13. The molecule has 5 aromatic rings. The van der Waals surface area contributed by atoms with Crippen molar-refractivity contribution in [3.05, 3.63) is 113 Å². The van der Waals surface area contributed by atoms with E-state index in [1.807, 2.05) is 57.4 Å². The molecular weight excluding hydrogens is 1020 g/mol. The maximum absolute atomic E-state index is 13.4. The number of unbranched alkanes of at least 4 members (excludes halogenated alkanes) is 2. The lowest BCUT2D eigenvalue weighted by Gasteiger charge is -2.39. The lowest BCUT2D eigenvalue weighted by atomic mass is 9.88. The normalized spacial score (nSPS) is 15.1. The summed E-state index contributed by atoms with van der Waals surface area (Å²) in [6.07, 6.45) is 9.64. The van der Waals surface area contributed by atoms with Crippen LogP contribution < -0.4 is 30.5 Å². The number of rotatable bonds is 26. The molecule has 2 aliphatic heterocycles. The molecule has 7 rings (SSSR count). The van der Waals surface area contributed by atoms with Gasteiger partial charge in [-0.3, -0.25) is 24.0 Å². The number of Topliss-reactive ketones (excluding diaryl/α,β-unsaturated/α-hetero) is 1. The molecule has 2 aliphatic rings. The average Bonchev–Trinajstić information content (AvgIpc) is 3.67. The summed E-state index contributed by atoms with van der Waals surface area (Å²) in [5.41, 5.74) is 2.38. The second-order valence-electron chi connectivity index (χ2n) is 21.4. The fraction of sp³-hybridized carbons (Fsp3) is 0.448. The third-order valence-corrected chi connectivity index (χ3v) is 13.7. The zero-order valence-corrected chi connectivity index (χ0v) is 46.2. The fourth-order valence-electron chi connectivity index (χ4n) is 9.08. The van der Waals surface area contributed by atoms with Crippen molar-refractivity contribution >= 4 is 47.1 Å². The average molecular weight is 1100 g/mol. The minimum absolute atomic E-state index is 0.0618. The highest BCUT2D eigenvalue weighted by Gasteiger charge is 2.45. The van der Waals surface area contributed by atoms with E-state index in [4.69, 9.17) is 19.2 Å². The van der Waals surface area contributed by atoms with Crippen LogP contribution in [0.1, 0.15) is 122 Å². The molecule has 22 heteroatoms. The SMILES string of the molecule is C[C@@H]1CN(c2ncc(-c3ccc4c(n3)N(Cc3cccnc3C#N)C(C)(C)C4=O)cn2)CCN1C(=O)CNC(=O)CCOCCOCCCCCNC(=O)c1cccc(Oc2ccc(C(=O)N[C@@H](CCC(C)(C)C)C(=O)O)cn2)c1. The van der Waals surface area contributed by atoms with E-state index < -0.39 is 23.5 Å². The van der Waals surface area contributed by atoms with E-state index in [1.54, 1.807) is 66.0 Å². The molecule has 2 atom stereocenters. The number of ether oxygens (including phenoxy) is 3. The first kappa shape index (κ1) is 59.2. The molecule has 4 aromatic heterocycles. The number of amides is 4. The zero-order chi connectivity index (χ0) is 57.4. The molecule has 6 heterocycles. The predicted octanol–water partition coefficient (Wildman–Crippen LogP) is 6.16. The molecule has 4 N–H and O–H groups in total. The van der Waals surface area contributed by atoms with Crippen LogP contribution >= 0.6 is 0 Å². The Balaban J connectivity index is 0.718. The van der Waals surface area contributed by atoms with E-state index in [9.17, 15) is 39.1 Å². The Kier molecular flexibility index (Phi) is 20.3. The van der Waals surface area contributed by atoms with Crippen LogP contribution in [-0.4, -0.2) is 147 Å². The molecule has 0 unspecified atom stereocenters. The van der Waals surface area contributed by atoms with Crippen LogP contribution in [0.4, 0.5) is 11.8 Å². The van der Waals surface area contributed by atoms with Crippen molar-refractivity contribution < 1.29 is 48.1 Å². The number of anilines is 2. The van der Waals surface area contributed by atoms with E-state index in [-0.39, 0.29) is 72.5 Å². The van der Waals surface area contributed by atoms with Gasteiger partial charge in [0.1, 0.15) is 29.4 Å². The molecule has 1 aromatic carbocycles. The van der Waals surface area contributed by atoms with Gasteiger partial charge in [-0.25, -0.2) is 29.7 Å². The Labute approximate surface area is 465 Å². The molecule has 0 bridgehead atoms. The fourth-order valence-corrected chi connectivity index (χ4v) is 9.08. The van der Waals surface area contributed by atoms with Gasteiger partial charge in [-0.15, -0.1) is 0 Å². The van der Waals surface area contributed by atoms with Gasteiger partial charge >= 0.3 is 5.97 Å². The van der Waals surface area contributed by atoms with Gasteiger partial charge in [0.15, 0.2) is 5.78 Å². The van der Waals surface area contributed by atoms with Crippen LogP contribution in [-0.2, 0) is 30.4 Å². The van der Waals surface area contributed by atoms with E-state index >= 15 is 0 Å². The van der Waals surface area contributed by atoms with E-state index in [0.717, 1.165) is 19.3 Å². The highest BCUT2D eigenvalue weighted by atomic mass is 16.5. The summed E-state index contributed by atoms with van der Waals surface area (Å²) in [5.74, 6) is -0.851. The molecule has 80 heavy (non-hydrogen) atoms. The molecule has 0 saturated carbocycles. The molecule has 0 spiro atoms. The number of aliphatic carboxylic acids is 1. The number of hydrogen-bond donors (Lipinski definition) is 4. The van der Waals surface area contributed by atoms with Crippen molar-refractivity contribution in [3.63, 3.8) is 0 Å². The Bertz CT molecular complexity index is 3030. The van der Waals surface area contributed by atoms with Crippen molar-refractivity contribution in [2.75, 3.05) is 69.0 Å².